The Hall–Kier alpha value is -3.77. The summed E-state index contributed by atoms with van der Waals surface area (Å²) >= 11 is 1.35. The molecule has 2 aliphatic rings. The first-order chi connectivity index (χ1) is 15.9. The van der Waals surface area contributed by atoms with Crippen LogP contribution in [-0.2, 0) is 17.9 Å². The number of aryl methyl sites for hydroxylation is 1. The second kappa shape index (κ2) is 7.98. The van der Waals surface area contributed by atoms with E-state index in [-0.39, 0.29) is 11.8 Å². The van der Waals surface area contributed by atoms with Crippen LogP contribution in [0.5, 0.6) is 5.75 Å². The van der Waals surface area contributed by atoms with Crippen molar-refractivity contribution in [1.29, 1.82) is 5.26 Å². The molecule has 166 valence electrons. The van der Waals surface area contributed by atoms with E-state index >= 15 is 0 Å². The first-order valence-electron chi connectivity index (χ1n) is 10.5. The lowest BCUT2D eigenvalue weighted by molar-refractivity contribution is -0.135. The summed E-state index contributed by atoms with van der Waals surface area (Å²) < 4.78 is 5.48. The fraction of sp³-hybridized carbons (Fsp3) is 0.292. The minimum atomic E-state index is -0.835. The SMILES string of the molecule is COc1ccccc1-c1cc(C)ncc1C(=O)Nc1nc2c(s1)CN(C(=O)C1(C#N)CC1)C2. The fourth-order valence-corrected chi connectivity index (χ4v) is 5.02. The van der Waals surface area contributed by atoms with Crippen molar-refractivity contribution in [3.63, 3.8) is 0 Å². The maximum atomic E-state index is 13.2. The maximum Gasteiger partial charge on any atom is 0.259 e. The van der Waals surface area contributed by atoms with Gasteiger partial charge in [-0.15, -0.1) is 0 Å². The standard InChI is InChI=1S/C24H21N5O3S/c1-14-9-16(15-5-3-4-6-19(15)32-2)17(10-26-14)21(30)28-23-27-18-11-29(12-20(18)33-23)22(31)24(13-25)7-8-24/h3-6,9-10H,7-8,11-12H2,1-2H3,(H,27,28,30). The molecular formula is C24H21N5O3S. The number of hydrogen-bond donors (Lipinski definition) is 1. The van der Waals surface area contributed by atoms with E-state index in [4.69, 9.17) is 4.74 Å². The van der Waals surface area contributed by atoms with Gasteiger partial charge in [-0.1, -0.05) is 29.5 Å². The number of anilines is 1. The first kappa shape index (κ1) is 21.1. The van der Waals surface area contributed by atoms with Crippen molar-refractivity contribution in [3.8, 4) is 22.9 Å². The van der Waals surface area contributed by atoms with E-state index in [2.05, 4.69) is 21.4 Å². The molecule has 1 fully saturated rings. The molecule has 8 nitrogen and oxygen atoms in total. The van der Waals surface area contributed by atoms with Gasteiger partial charge in [0.05, 0.1) is 42.4 Å². The van der Waals surface area contributed by atoms with E-state index in [0.717, 1.165) is 27.4 Å². The van der Waals surface area contributed by atoms with Crippen LogP contribution in [-0.4, -0.2) is 33.8 Å². The van der Waals surface area contributed by atoms with Crippen LogP contribution in [0.15, 0.2) is 36.5 Å². The van der Waals surface area contributed by atoms with Crippen molar-refractivity contribution in [3.05, 3.63) is 58.4 Å². The fourth-order valence-electron chi connectivity index (χ4n) is 4.03. The average Bonchev–Trinajstić information content (AvgIpc) is 3.40. The van der Waals surface area contributed by atoms with Crippen LogP contribution in [0, 0.1) is 23.7 Å². The number of nitrogens with zero attached hydrogens (tertiary/aromatic N) is 4. The minimum Gasteiger partial charge on any atom is -0.496 e. The lowest BCUT2D eigenvalue weighted by Crippen LogP contribution is -2.32. The number of nitriles is 1. The molecule has 33 heavy (non-hydrogen) atoms. The molecule has 0 unspecified atom stereocenters. The number of hydrogen-bond acceptors (Lipinski definition) is 7. The second-order valence-electron chi connectivity index (χ2n) is 8.27. The Morgan fingerprint density at radius 3 is 2.73 bits per heavy atom. The topological polar surface area (TPSA) is 108 Å². The average molecular weight is 460 g/mol. The zero-order chi connectivity index (χ0) is 23.2. The number of rotatable bonds is 5. The summed E-state index contributed by atoms with van der Waals surface area (Å²) in [6.07, 6.45) is 2.81. The van der Waals surface area contributed by atoms with Crippen molar-refractivity contribution < 1.29 is 14.3 Å². The van der Waals surface area contributed by atoms with Gasteiger partial charge in [0.25, 0.3) is 5.91 Å². The normalized spacial score (nSPS) is 15.5. The third-order valence-electron chi connectivity index (χ3n) is 6.02. The molecule has 2 aromatic heterocycles. The molecule has 0 spiro atoms. The highest BCUT2D eigenvalue weighted by Crippen LogP contribution is 2.48. The lowest BCUT2D eigenvalue weighted by Gasteiger charge is -2.18. The van der Waals surface area contributed by atoms with E-state index in [1.54, 1.807) is 18.2 Å². The predicted octanol–water partition coefficient (Wildman–Crippen LogP) is 3.92. The van der Waals surface area contributed by atoms with Crippen molar-refractivity contribution in [2.75, 3.05) is 12.4 Å². The van der Waals surface area contributed by atoms with Gasteiger partial charge in [0.2, 0.25) is 5.91 Å². The van der Waals surface area contributed by atoms with Gasteiger partial charge < -0.3 is 9.64 Å². The molecule has 0 saturated heterocycles. The van der Waals surface area contributed by atoms with E-state index in [1.165, 1.54) is 11.3 Å². The van der Waals surface area contributed by atoms with Gasteiger partial charge in [-0.25, -0.2) is 4.98 Å². The number of carbonyl (C=O) groups excluding carboxylic acids is 2. The van der Waals surface area contributed by atoms with Crippen molar-refractivity contribution in [2.24, 2.45) is 5.41 Å². The van der Waals surface area contributed by atoms with Crippen molar-refractivity contribution in [1.82, 2.24) is 14.9 Å². The summed E-state index contributed by atoms with van der Waals surface area (Å²) in [5.41, 5.74) is 2.67. The van der Waals surface area contributed by atoms with E-state index in [0.29, 0.717) is 42.4 Å². The van der Waals surface area contributed by atoms with Gasteiger partial charge >= 0.3 is 0 Å². The summed E-state index contributed by atoms with van der Waals surface area (Å²) in [7, 11) is 1.60. The van der Waals surface area contributed by atoms with Gasteiger partial charge in [-0.2, -0.15) is 5.26 Å². The van der Waals surface area contributed by atoms with Gasteiger partial charge in [0, 0.05) is 23.0 Å². The number of ether oxygens (including phenoxy) is 1. The Morgan fingerprint density at radius 1 is 1.24 bits per heavy atom. The Kier molecular flexibility index (Phi) is 5.10. The number of fused-ring (bicyclic) bond motifs is 1. The van der Waals surface area contributed by atoms with Gasteiger partial charge in [0.1, 0.15) is 11.2 Å². The number of carbonyl (C=O) groups is 2. The van der Waals surface area contributed by atoms with E-state index < -0.39 is 5.41 Å². The zero-order valence-corrected chi connectivity index (χ0v) is 19.0. The molecule has 0 atom stereocenters. The summed E-state index contributed by atoms with van der Waals surface area (Å²) in [4.78, 5) is 37.2. The van der Waals surface area contributed by atoms with Gasteiger partial charge in [0.15, 0.2) is 5.13 Å². The van der Waals surface area contributed by atoms with Crippen LogP contribution in [0.2, 0.25) is 0 Å². The van der Waals surface area contributed by atoms with E-state index in [1.807, 2.05) is 37.3 Å². The highest BCUT2D eigenvalue weighted by molar-refractivity contribution is 7.16. The third-order valence-corrected chi connectivity index (χ3v) is 7.01. The molecule has 1 aliphatic carbocycles. The van der Waals surface area contributed by atoms with Gasteiger partial charge in [-0.05, 0) is 31.9 Å². The number of amides is 2. The van der Waals surface area contributed by atoms with Crippen LogP contribution in [0.25, 0.3) is 11.1 Å². The first-order valence-corrected chi connectivity index (χ1v) is 11.4. The molecule has 1 aromatic carbocycles. The maximum absolute atomic E-state index is 13.2. The molecule has 0 radical (unpaired) electrons. The molecule has 3 heterocycles. The summed E-state index contributed by atoms with van der Waals surface area (Å²) in [5.74, 6) is 0.235. The van der Waals surface area contributed by atoms with E-state index in [9.17, 15) is 14.9 Å². The predicted molar refractivity (Wildman–Crippen MR) is 123 cm³/mol. The Labute approximate surface area is 194 Å². The summed E-state index contributed by atoms with van der Waals surface area (Å²) in [5, 5.41) is 12.7. The number of methoxy groups -OCH3 is 1. The van der Waals surface area contributed by atoms with Crippen LogP contribution < -0.4 is 10.1 Å². The van der Waals surface area contributed by atoms with Crippen LogP contribution in [0.3, 0.4) is 0 Å². The number of benzene rings is 1. The second-order valence-corrected chi connectivity index (χ2v) is 9.35. The zero-order valence-electron chi connectivity index (χ0n) is 18.2. The summed E-state index contributed by atoms with van der Waals surface area (Å²) in [6.45, 7) is 2.66. The third kappa shape index (κ3) is 3.72. The largest absolute Gasteiger partial charge is 0.496 e. The van der Waals surface area contributed by atoms with Gasteiger partial charge in [-0.3, -0.25) is 19.9 Å². The molecular weight excluding hydrogens is 438 g/mol. The highest BCUT2D eigenvalue weighted by atomic mass is 32.1. The van der Waals surface area contributed by atoms with Crippen molar-refractivity contribution in [2.45, 2.75) is 32.9 Å². The Balaban J connectivity index is 1.36. The van der Waals surface area contributed by atoms with Crippen LogP contribution >= 0.6 is 11.3 Å². The van der Waals surface area contributed by atoms with Crippen LogP contribution in [0.1, 0.15) is 39.5 Å². The molecule has 9 heteroatoms. The number of thiazole rings is 1. The number of nitrogens with one attached hydrogen (secondary N) is 1. The molecule has 1 N–H and O–H groups in total. The molecule has 3 aromatic rings. The quantitative estimate of drug-likeness (QED) is 0.620. The molecule has 1 aliphatic heterocycles. The Bertz CT molecular complexity index is 1300. The van der Waals surface area contributed by atoms with Crippen molar-refractivity contribution >= 4 is 28.3 Å². The minimum absolute atomic E-state index is 0.118. The monoisotopic (exact) mass is 459 g/mol. The number of pyridine rings is 1. The smallest absolute Gasteiger partial charge is 0.259 e. The molecule has 5 rings (SSSR count). The van der Waals surface area contributed by atoms with Crippen LogP contribution in [0.4, 0.5) is 5.13 Å². The lowest BCUT2D eigenvalue weighted by atomic mass is 9.99. The molecule has 0 bridgehead atoms. The highest BCUT2D eigenvalue weighted by Gasteiger charge is 2.53. The summed E-state index contributed by atoms with van der Waals surface area (Å²) in [6, 6.07) is 11.5. The number of para-hydroxylation sites is 1. The Morgan fingerprint density at radius 2 is 2.03 bits per heavy atom. The number of aromatic nitrogens is 2. The molecule has 2 amide bonds. The molecule has 1 saturated carbocycles.